The molecule has 1 atom stereocenters. The molecular formula is C20H24N4S. The lowest BCUT2D eigenvalue weighted by Gasteiger charge is -2.32. The van der Waals surface area contributed by atoms with Gasteiger partial charge in [0.25, 0.3) is 0 Å². The molecule has 2 aromatic heterocycles. The van der Waals surface area contributed by atoms with Crippen molar-refractivity contribution in [3.63, 3.8) is 0 Å². The van der Waals surface area contributed by atoms with Crippen molar-refractivity contribution in [3.8, 4) is 0 Å². The van der Waals surface area contributed by atoms with Gasteiger partial charge >= 0.3 is 0 Å². The van der Waals surface area contributed by atoms with E-state index in [9.17, 15) is 0 Å². The van der Waals surface area contributed by atoms with Crippen LogP contribution in [0.2, 0.25) is 0 Å². The summed E-state index contributed by atoms with van der Waals surface area (Å²) in [5.41, 5.74) is 1.02. The van der Waals surface area contributed by atoms with Crippen molar-refractivity contribution < 1.29 is 0 Å². The first kappa shape index (κ1) is 16.5. The minimum absolute atomic E-state index is 0.617. The minimum atomic E-state index is 0.617. The Morgan fingerprint density at radius 3 is 2.92 bits per heavy atom. The molecule has 5 heteroatoms. The van der Waals surface area contributed by atoms with Crippen LogP contribution in [-0.2, 0) is 13.1 Å². The number of hydrogen-bond acceptors (Lipinski definition) is 5. The van der Waals surface area contributed by atoms with Gasteiger partial charge in [-0.15, -0.1) is 11.3 Å². The van der Waals surface area contributed by atoms with E-state index in [0.717, 1.165) is 42.2 Å². The summed E-state index contributed by atoms with van der Waals surface area (Å²) >= 11 is 1.77. The van der Waals surface area contributed by atoms with E-state index in [2.05, 4.69) is 46.8 Å². The maximum absolute atomic E-state index is 4.87. The average molecular weight is 353 g/mol. The lowest BCUT2D eigenvalue weighted by Crippen LogP contribution is -2.37. The Balaban J connectivity index is 1.61. The molecule has 1 aliphatic rings. The molecule has 0 aliphatic carbocycles. The van der Waals surface area contributed by atoms with Gasteiger partial charge in [-0.25, -0.2) is 9.97 Å². The Hall–Kier alpha value is -1.98. The first-order valence-corrected chi connectivity index (χ1v) is 9.93. The number of nitrogens with one attached hydrogen (secondary N) is 1. The van der Waals surface area contributed by atoms with Crippen LogP contribution in [0, 0.1) is 0 Å². The lowest BCUT2D eigenvalue weighted by atomic mass is 10.0. The van der Waals surface area contributed by atoms with Gasteiger partial charge in [-0.05, 0) is 49.9 Å². The summed E-state index contributed by atoms with van der Waals surface area (Å²) in [5, 5.41) is 6.72. The molecule has 1 aliphatic heterocycles. The number of benzene rings is 1. The highest BCUT2D eigenvalue weighted by Gasteiger charge is 2.20. The van der Waals surface area contributed by atoms with Gasteiger partial charge in [0.15, 0.2) is 0 Å². The smallest absolute Gasteiger partial charge is 0.145 e. The van der Waals surface area contributed by atoms with E-state index < -0.39 is 0 Å². The van der Waals surface area contributed by atoms with E-state index in [1.54, 1.807) is 11.3 Å². The number of fused-ring (bicyclic) bond motifs is 1. The molecular weight excluding hydrogens is 328 g/mol. The van der Waals surface area contributed by atoms with E-state index in [0.29, 0.717) is 6.04 Å². The fourth-order valence-corrected chi connectivity index (χ4v) is 4.13. The molecule has 3 aromatic rings. The zero-order chi connectivity index (χ0) is 17.1. The monoisotopic (exact) mass is 352 g/mol. The molecule has 1 fully saturated rings. The van der Waals surface area contributed by atoms with Crippen LogP contribution in [0.4, 0.5) is 5.82 Å². The zero-order valence-corrected chi connectivity index (χ0v) is 15.4. The topological polar surface area (TPSA) is 41.1 Å². The first-order chi connectivity index (χ1) is 12.3. The van der Waals surface area contributed by atoms with Crippen molar-refractivity contribution in [1.82, 2.24) is 14.9 Å². The third-order valence-electron chi connectivity index (χ3n) is 4.94. The molecule has 0 unspecified atom stereocenters. The molecule has 4 nitrogen and oxygen atoms in total. The van der Waals surface area contributed by atoms with Gasteiger partial charge in [-0.2, -0.15) is 0 Å². The summed E-state index contributed by atoms with van der Waals surface area (Å²) in [6.45, 7) is 5.10. The van der Waals surface area contributed by atoms with Gasteiger partial charge in [0, 0.05) is 16.3 Å². The number of piperidine rings is 1. The second kappa shape index (κ2) is 7.50. The van der Waals surface area contributed by atoms with Gasteiger partial charge in [0.2, 0.25) is 0 Å². The highest BCUT2D eigenvalue weighted by atomic mass is 32.1. The molecule has 0 spiro atoms. The van der Waals surface area contributed by atoms with Crippen molar-refractivity contribution in [2.75, 3.05) is 11.9 Å². The van der Waals surface area contributed by atoms with E-state index in [4.69, 9.17) is 9.97 Å². The van der Waals surface area contributed by atoms with Gasteiger partial charge in [-0.1, -0.05) is 24.6 Å². The summed E-state index contributed by atoms with van der Waals surface area (Å²) in [5.74, 6) is 1.86. The van der Waals surface area contributed by atoms with Crippen LogP contribution in [-0.4, -0.2) is 27.5 Å². The van der Waals surface area contributed by atoms with Gasteiger partial charge in [0.05, 0.1) is 18.6 Å². The number of anilines is 1. The number of likely N-dealkylation sites (tertiary alicyclic amines) is 1. The highest BCUT2D eigenvalue weighted by Crippen LogP contribution is 2.24. The fraction of sp³-hybridized carbons (Fsp3) is 0.400. The first-order valence-electron chi connectivity index (χ1n) is 9.05. The number of aromatic nitrogens is 2. The summed E-state index contributed by atoms with van der Waals surface area (Å²) in [6.07, 6.45) is 3.89. The Morgan fingerprint density at radius 1 is 1.16 bits per heavy atom. The molecule has 0 saturated carbocycles. The Kier molecular flexibility index (Phi) is 4.95. The second-order valence-corrected chi connectivity index (χ2v) is 7.79. The number of thiophene rings is 1. The largest absolute Gasteiger partial charge is 0.365 e. The summed E-state index contributed by atoms with van der Waals surface area (Å²) in [7, 11) is 0. The number of rotatable bonds is 5. The third kappa shape index (κ3) is 3.83. The molecule has 1 N–H and O–H groups in total. The number of para-hydroxylation sites is 1. The molecule has 0 radical (unpaired) electrons. The van der Waals surface area contributed by atoms with Crippen LogP contribution in [0.15, 0.2) is 41.8 Å². The quantitative estimate of drug-likeness (QED) is 0.724. The molecule has 25 heavy (non-hydrogen) atoms. The SMILES string of the molecule is C[C@H]1CCCCN1Cc1nc(NCc2cccs2)c2ccccc2n1. The van der Waals surface area contributed by atoms with Gasteiger partial charge in [-0.3, -0.25) is 4.90 Å². The van der Waals surface area contributed by atoms with Gasteiger partial charge < -0.3 is 5.32 Å². The lowest BCUT2D eigenvalue weighted by molar-refractivity contribution is 0.149. The molecule has 4 rings (SSSR count). The molecule has 0 amide bonds. The Morgan fingerprint density at radius 2 is 2.08 bits per heavy atom. The highest BCUT2D eigenvalue weighted by molar-refractivity contribution is 7.09. The molecule has 1 aromatic carbocycles. The predicted molar refractivity (Wildman–Crippen MR) is 105 cm³/mol. The van der Waals surface area contributed by atoms with Crippen molar-refractivity contribution >= 4 is 28.1 Å². The van der Waals surface area contributed by atoms with Gasteiger partial charge in [0.1, 0.15) is 11.6 Å². The molecule has 0 bridgehead atoms. The Bertz CT molecular complexity index is 831. The zero-order valence-electron chi connectivity index (χ0n) is 14.6. The van der Waals surface area contributed by atoms with E-state index >= 15 is 0 Å². The molecule has 3 heterocycles. The van der Waals surface area contributed by atoms with Crippen LogP contribution in [0.3, 0.4) is 0 Å². The van der Waals surface area contributed by atoms with Crippen LogP contribution in [0.5, 0.6) is 0 Å². The predicted octanol–water partition coefficient (Wildman–Crippen LogP) is 4.68. The number of hydrogen-bond donors (Lipinski definition) is 1. The summed E-state index contributed by atoms with van der Waals surface area (Å²) in [4.78, 5) is 13.5. The average Bonchev–Trinajstić information content (AvgIpc) is 3.15. The van der Waals surface area contributed by atoms with Crippen LogP contribution < -0.4 is 5.32 Å². The third-order valence-corrected chi connectivity index (χ3v) is 5.82. The van der Waals surface area contributed by atoms with E-state index in [1.165, 1.54) is 24.1 Å². The second-order valence-electron chi connectivity index (χ2n) is 6.75. The summed E-state index contributed by atoms with van der Waals surface area (Å²) in [6, 6.07) is 13.1. The van der Waals surface area contributed by atoms with Crippen molar-refractivity contribution in [2.24, 2.45) is 0 Å². The van der Waals surface area contributed by atoms with E-state index in [1.807, 2.05) is 12.1 Å². The number of nitrogens with zero attached hydrogens (tertiary/aromatic N) is 3. The van der Waals surface area contributed by atoms with E-state index in [-0.39, 0.29) is 0 Å². The molecule has 130 valence electrons. The molecule has 1 saturated heterocycles. The standard InChI is InChI=1S/C20H24N4S/c1-15-7-4-5-11-24(15)14-19-22-18-10-3-2-9-17(18)20(23-19)21-13-16-8-6-12-25-16/h2-3,6,8-10,12,15H,4-5,7,11,13-14H2,1H3,(H,21,22,23)/t15-/m0/s1. The van der Waals surface area contributed by atoms with Crippen molar-refractivity contribution in [3.05, 3.63) is 52.5 Å². The van der Waals surface area contributed by atoms with Crippen molar-refractivity contribution in [2.45, 2.75) is 45.3 Å². The minimum Gasteiger partial charge on any atom is -0.365 e. The van der Waals surface area contributed by atoms with Crippen molar-refractivity contribution in [1.29, 1.82) is 0 Å². The fourth-order valence-electron chi connectivity index (χ4n) is 3.49. The van der Waals surface area contributed by atoms with Crippen LogP contribution >= 0.6 is 11.3 Å². The normalized spacial score (nSPS) is 18.5. The summed E-state index contributed by atoms with van der Waals surface area (Å²) < 4.78 is 0. The maximum Gasteiger partial charge on any atom is 0.145 e. The van der Waals surface area contributed by atoms with Crippen LogP contribution in [0.25, 0.3) is 10.9 Å². The van der Waals surface area contributed by atoms with Crippen LogP contribution in [0.1, 0.15) is 36.9 Å². The maximum atomic E-state index is 4.87. The Labute approximate surface area is 152 Å².